The van der Waals surface area contributed by atoms with Crippen LogP contribution in [-0.2, 0) is 0 Å². The lowest BCUT2D eigenvalue weighted by Gasteiger charge is -2.20. The summed E-state index contributed by atoms with van der Waals surface area (Å²) in [6.45, 7) is 9.34. The molecule has 0 N–H and O–H groups in total. The zero-order valence-electron chi connectivity index (χ0n) is 13.5. The van der Waals surface area contributed by atoms with Crippen molar-refractivity contribution in [1.82, 2.24) is 0 Å². The fourth-order valence-electron chi connectivity index (χ4n) is 2.82. The van der Waals surface area contributed by atoms with Crippen molar-refractivity contribution in [3.05, 3.63) is 6.42 Å². The molecule has 0 spiro atoms. The van der Waals surface area contributed by atoms with Crippen LogP contribution in [0.1, 0.15) is 98.3 Å². The average Bonchev–Trinajstić information content (AvgIpc) is 2.35. The molecule has 0 aromatic rings. The summed E-state index contributed by atoms with van der Waals surface area (Å²) < 4.78 is 0. The number of unbranched alkanes of at least 4 members (excludes halogenated alkanes) is 5. The maximum absolute atomic E-state index is 2.67. The van der Waals surface area contributed by atoms with Gasteiger partial charge in [0.15, 0.2) is 0 Å². The topological polar surface area (TPSA) is 0 Å². The van der Waals surface area contributed by atoms with Gasteiger partial charge in [-0.3, -0.25) is 0 Å². The van der Waals surface area contributed by atoms with Gasteiger partial charge in [0.1, 0.15) is 0 Å². The Kier molecular flexibility index (Phi) is 13.4. The van der Waals surface area contributed by atoms with Crippen LogP contribution >= 0.6 is 0 Å². The molecule has 0 fully saturated rings. The van der Waals surface area contributed by atoms with Crippen molar-refractivity contribution in [1.29, 1.82) is 0 Å². The highest BCUT2D eigenvalue weighted by Gasteiger charge is 2.12. The zero-order valence-corrected chi connectivity index (χ0v) is 13.5. The smallest absolute Gasteiger partial charge is 0.0326 e. The molecule has 0 heteroatoms. The summed E-state index contributed by atoms with van der Waals surface area (Å²) in [4.78, 5) is 0. The first kappa shape index (κ1) is 18.0. The lowest BCUT2D eigenvalue weighted by Crippen LogP contribution is -2.08. The van der Waals surface area contributed by atoms with E-state index in [1.54, 1.807) is 0 Å². The van der Waals surface area contributed by atoms with Crippen molar-refractivity contribution in [2.75, 3.05) is 0 Å². The summed E-state index contributed by atoms with van der Waals surface area (Å²) in [5, 5.41) is 0. The standard InChI is InChI=1S/C18H37/c1-5-8-10-12-14-17(4)16-18(13-7-3)15-11-9-6-2/h16-18H,5-15H2,1-4H3. The second-order valence-corrected chi connectivity index (χ2v) is 6.06. The molecule has 0 heterocycles. The predicted molar refractivity (Wildman–Crippen MR) is 84.8 cm³/mol. The van der Waals surface area contributed by atoms with E-state index in [2.05, 4.69) is 34.1 Å². The molecule has 0 saturated heterocycles. The van der Waals surface area contributed by atoms with Gasteiger partial charge in [-0.2, -0.15) is 0 Å². The zero-order chi connectivity index (χ0) is 13.6. The van der Waals surface area contributed by atoms with Crippen molar-refractivity contribution < 1.29 is 0 Å². The normalized spacial score (nSPS) is 14.7. The lowest BCUT2D eigenvalue weighted by atomic mass is 9.86. The second-order valence-electron chi connectivity index (χ2n) is 6.06. The minimum Gasteiger partial charge on any atom is -0.0654 e. The second kappa shape index (κ2) is 13.4. The van der Waals surface area contributed by atoms with Crippen LogP contribution in [0.2, 0.25) is 0 Å². The molecular weight excluding hydrogens is 216 g/mol. The van der Waals surface area contributed by atoms with Crippen molar-refractivity contribution in [3.8, 4) is 0 Å². The molecule has 18 heavy (non-hydrogen) atoms. The van der Waals surface area contributed by atoms with E-state index in [4.69, 9.17) is 0 Å². The molecule has 2 unspecified atom stereocenters. The van der Waals surface area contributed by atoms with Gasteiger partial charge in [0.25, 0.3) is 0 Å². The van der Waals surface area contributed by atoms with Gasteiger partial charge in [-0.15, -0.1) is 0 Å². The van der Waals surface area contributed by atoms with E-state index in [0.717, 1.165) is 11.8 Å². The Bertz CT molecular complexity index is 150. The molecule has 1 radical (unpaired) electrons. The van der Waals surface area contributed by atoms with Crippen LogP contribution in [-0.4, -0.2) is 0 Å². The molecule has 0 aromatic carbocycles. The first-order valence-corrected chi connectivity index (χ1v) is 8.59. The summed E-state index contributed by atoms with van der Waals surface area (Å²) >= 11 is 0. The van der Waals surface area contributed by atoms with E-state index in [0.29, 0.717) is 0 Å². The molecule has 0 amide bonds. The first-order chi connectivity index (χ1) is 8.74. The van der Waals surface area contributed by atoms with Crippen LogP contribution in [0.3, 0.4) is 0 Å². The SMILES string of the molecule is CCCCCCC(C)[CH]C(CCC)CCCCC. The molecule has 0 aliphatic carbocycles. The van der Waals surface area contributed by atoms with E-state index >= 15 is 0 Å². The van der Waals surface area contributed by atoms with E-state index in [1.807, 2.05) is 0 Å². The van der Waals surface area contributed by atoms with Crippen LogP contribution in [0.25, 0.3) is 0 Å². The highest BCUT2D eigenvalue weighted by Crippen LogP contribution is 2.25. The Balaban J connectivity index is 3.69. The first-order valence-electron chi connectivity index (χ1n) is 8.59. The van der Waals surface area contributed by atoms with Crippen molar-refractivity contribution in [2.24, 2.45) is 11.8 Å². The maximum Gasteiger partial charge on any atom is -0.0326 e. The van der Waals surface area contributed by atoms with Crippen molar-refractivity contribution in [2.45, 2.75) is 98.3 Å². The monoisotopic (exact) mass is 253 g/mol. The number of hydrogen-bond acceptors (Lipinski definition) is 0. The Morgan fingerprint density at radius 1 is 0.667 bits per heavy atom. The maximum atomic E-state index is 2.67. The van der Waals surface area contributed by atoms with Gasteiger partial charge in [0.2, 0.25) is 0 Å². The average molecular weight is 253 g/mol. The van der Waals surface area contributed by atoms with Gasteiger partial charge in [0, 0.05) is 0 Å². The number of hydrogen-bond donors (Lipinski definition) is 0. The molecule has 0 nitrogen and oxygen atoms in total. The summed E-state index contributed by atoms with van der Waals surface area (Å²) in [6.07, 6.45) is 18.1. The molecular formula is C18H37. The van der Waals surface area contributed by atoms with Gasteiger partial charge < -0.3 is 0 Å². The van der Waals surface area contributed by atoms with E-state index < -0.39 is 0 Å². The molecule has 0 rings (SSSR count). The molecule has 0 aliphatic rings. The molecule has 109 valence electrons. The van der Waals surface area contributed by atoms with Gasteiger partial charge >= 0.3 is 0 Å². The van der Waals surface area contributed by atoms with Crippen LogP contribution in [0.4, 0.5) is 0 Å². The minimum atomic E-state index is 0.833. The molecule has 2 atom stereocenters. The molecule has 0 bridgehead atoms. The fraction of sp³-hybridized carbons (Fsp3) is 0.944. The van der Waals surface area contributed by atoms with Gasteiger partial charge in [-0.05, 0) is 18.3 Å². The third-order valence-electron chi connectivity index (χ3n) is 3.95. The minimum absolute atomic E-state index is 0.833. The predicted octanol–water partition coefficient (Wildman–Crippen LogP) is 6.79. The Labute approximate surface area is 117 Å². The quantitative estimate of drug-likeness (QED) is 0.317. The molecule has 0 aromatic heterocycles. The summed E-state index contributed by atoms with van der Waals surface area (Å²) in [7, 11) is 0. The highest BCUT2D eigenvalue weighted by molar-refractivity contribution is 4.81. The van der Waals surface area contributed by atoms with E-state index in [9.17, 15) is 0 Å². The lowest BCUT2D eigenvalue weighted by molar-refractivity contribution is 0.411. The summed E-state index contributed by atoms with van der Waals surface area (Å²) in [5.41, 5.74) is 0. The molecule has 0 aliphatic heterocycles. The summed E-state index contributed by atoms with van der Waals surface area (Å²) in [6, 6.07) is 0. The number of rotatable bonds is 13. The Hall–Kier alpha value is 0. The Morgan fingerprint density at radius 2 is 1.28 bits per heavy atom. The fourth-order valence-corrected chi connectivity index (χ4v) is 2.82. The van der Waals surface area contributed by atoms with E-state index in [1.165, 1.54) is 70.6 Å². The van der Waals surface area contributed by atoms with Crippen LogP contribution < -0.4 is 0 Å². The third kappa shape index (κ3) is 11.1. The van der Waals surface area contributed by atoms with Crippen molar-refractivity contribution >= 4 is 0 Å². The molecule has 0 saturated carbocycles. The van der Waals surface area contributed by atoms with Crippen LogP contribution in [0.5, 0.6) is 0 Å². The third-order valence-corrected chi connectivity index (χ3v) is 3.95. The van der Waals surface area contributed by atoms with Gasteiger partial charge in [0.05, 0.1) is 0 Å². The van der Waals surface area contributed by atoms with Crippen molar-refractivity contribution in [3.63, 3.8) is 0 Å². The van der Waals surface area contributed by atoms with Crippen LogP contribution in [0, 0.1) is 18.3 Å². The van der Waals surface area contributed by atoms with Gasteiger partial charge in [-0.1, -0.05) is 98.3 Å². The van der Waals surface area contributed by atoms with E-state index in [-0.39, 0.29) is 0 Å². The van der Waals surface area contributed by atoms with Crippen LogP contribution in [0.15, 0.2) is 0 Å². The Morgan fingerprint density at radius 3 is 1.89 bits per heavy atom. The largest absolute Gasteiger partial charge is 0.0654 e. The summed E-state index contributed by atoms with van der Waals surface area (Å²) in [5.74, 6) is 1.72. The van der Waals surface area contributed by atoms with Gasteiger partial charge in [-0.25, -0.2) is 0 Å². The highest BCUT2D eigenvalue weighted by atomic mass is 14.2.